The Kier molecular flexibility index (Phi) is 3.74. The molecule has 0 radical (unpaired) electrons. The van der Waals surface area contributed by atoms with Crippen molar-refractivity contribution < 1.29 is 14.7 Å². The second-order valence-corrected chi connectivity index (χ2v) is 7.63. The van der Waals surface area contributed by atoms with Gasteiger partial charge in [-0.25, -0.2) is 0 Å². The summed E-state index contributed by atoms with van der Waals surface area (Å²) in [4.78, 5) is 29.0. The lowest BCUT2D eigenvalue weighted by Crippen LogP contribution is -2.55. The molecule has 2 heterocycles. The van der Waals surface area contributed by atoms with Crippen LogP contribution < -0.4 is 0 Å². The minimum absolute atomic E-state index is 0.0140. The van der Waals surface area contributed by atoms with Gasteiger partial charge in [-0.3, -0.25) is 9.59 Å². The van der Waals surface area contributed by atoms with E-state index in [4.69, 9.17) is 0 Å². The molecule has 1 saturated carbocycles. The zero-order chi connectivity index (χ0) is 16.7. The smallest absolute Gasteiger partial charge is 0.254 e. The van der Waals surface area contributed by atoms with Gasteiger partial charge in [0.15, 0.2) is 0 Å². The van der Waals surface area contributed by atoms with E-state index in [0.717, 1.165) is 51.7 Å². The topological polar surface area (TPSA) is 60.9 Å². The fourth-order valence-electron chi connectivity index (χ4n) is 4.30. The Labute approximate surface area is 142 Å². The molecule has 128 valence electrons. The van der Waals surface area contributed by atoms with Crippen LogP contribution in [0.5, 0.6) is 5.75 Å². The van der Waals surface area contributed by atoms with E-state index >= 15 is 0 Å². The minimum Gasteiger partial charge on any atom is -0.508 e. The first kappa shape index (κ1) is 15.5. The van der Waals surface area contributed by atoms with Gasteiger partial charge < -0.3 is 14.9 Å². The average molecular weight is 328 g/mol. The molecule has 1 spiro atoms. The van der Waals surface area contributed by atoms with Gasteiger partial charge in [0.05, 0.1) is 0 Å². The second kappa shape index (κ2) is 5.80. The molecule has 2 saturated heterocycles. The molecule has 1 aliphatic carbocycles. The molecule has 5 nitrogen and oxygen atoms in total. The van der Waals surface area contributed by atoms with Crippen LogP contribution in [0.2, 0.25) is 0 Å². The summed E-state index contributed by atoms with van der Waals surface area (Å²) in [6, 6.07) is 7.02. The monoisotopic (exact) mass is 328 g/mol. The highest BCUT2D eigenvalue weighted by Crippen LogP contribution is 2.42. The summed E-state index contributed by atoms with van der Waals surface area (Å²) in [5.41, 5.74) is 0.597. The Morgan fingerprint density at radius 2 is 2.04 bits per heavy atom. The number of hydrogen-bond donors (Lipinski definition) is 1. The molecule has 1 N–H and O–H groups in total. The Morgan fingerprint density at radius 3 is 2.79 bits per heavy atom. The third kappa shape index (κ3) is 2.87. The highest BCUT2D eigenvalue weighted by Gasteiger charge is 2.46. The molecule has 1 aromatic carbocycles. The van der Waals surface area contributed by atoms with Crippen LogP contribution in [0.3, 0.4) is 0 Å². The van der Waals surface area contributed by atoms with Gasteiger partial charge >= 0.3 is 0 Å². The summed E-state index contributed by atoms with van der Waals surface area (Å²) in [6.45, 7) is 2.28. The first-order valence-corrected chi connectivity index (χ1v) is 8.94. The van der Waals surface area contributed by atoms with Crippen LogP contribution in [-0.4, -0.2) is 52.4 Å². The summed E-state index contributed by atoms with van der Waals surface area (Å²) in [6.07, 6.45) is 5.84. The van der Waals surface area contributed by atoms with Gasteiger partial charge in [-0.1, -0.05) is 6.07 Å². The van der Waals surface area contributed by atoms with Crippen LogP contribution >= 0.6 is 0 Å². The Morgan fingerprint density at radius 1 is 1.21 bits per heavy atom. The summed E-state index contributed by atoms with van der Waals surface area (Å²) in [5.74, 6) is 0.398. The zero-order valence-corrected chi connectivity index (χ0v) is 13.9. The lowest BCUT2D eigenvalue weighted by Gasteiger charge is -2.48. The van der Waals surface area contributed by atoms with E-state index in [9.17, 15) is 14.7 Å². The molecule has 0 unspecified atom stereocenters. The molecule has 5 heteroatoms. The Balaban J connectivity index is 1.51. The van der Waals surface area contributed by atoms with E-state index in [0.29, 0.717) is 23.9 Å². The Hall–Kier alpha value is -2.04. The number of carbonyl (C=O) groups is 2. The second-order valence-electron chi connectivity index (χ2n) is 7.63. The maximum atomic E-state index is 12.8. The number of rotatable bonds is 2. The van der Waals surface area contributed by atoms with Crippen molar-refractivity contribution in [2.75, 3.05) is 19.6 Å². The number of likely N-dealkylation sites (tertiary alicyclic amines) is 2. The van der Waals surface area contributed by atoms with E-state index in [1.165, 1.54) is 6.07 Å². The third-order valence-electron chi connectivity index (χ3n) is 5.72. The molecular weight excluding hydrogens is 304 g/mol. The van der Waals surface area contributed by atoms with E-state index in [1.54, 1.807) is 18.2 Å². The van der Waals surface area contributed by atoms with Gasteiger partial charge in [0.2, 0.25) is 5.91 Å². The number of phenols is 1. The zero-order valence-electron chi connectivity index (χ0n) is 13.9. The molecule has 0 bridgehead atoms. The molecule has 0 aromatic heterocycles. The standard InChI is InChI=1S/C19H24N2O3/c22-16-4-1-3-14(11-16)18(24)20-10-2-8-19(12-20)9-7-17(23)21(13-19)15-5-6-15/h1,3-4,11,15,22H,2,5-10,12-13H2/t19-/m1/s1. The normalized spacial score (nSPS) is 27.6. The van der Waals surface area contributed by atoms with Gasteiger partial charge in [0.25, 0.3) is 5.91 Å². The molecular formula is C19H24N2O3. The fourth-order valence-corrected chi connectivity index (χ4v) is 4.30. The number of carbonyl (C=O) groups excluding carboxylic acids is 2. The molecule has 1 atom stereocenters. The van der Waals surface area contributed by atoms with E-state index in [1.807, 2.05) is 4.90 Å². The third-order valence-corrected chi connectivity index (χ3v) is 5.72. The number of benzene rings is 1. The largest absolute Gasteiger partial charge is 0.508 e. The maximum absolute atomic E-state index is 12.8. The van der Waals surface area contributed by atoms with E-state index < -0.39 is 0 Å². The molecule has 3 fully saturated rings. The highest BCUT2D eigenvalue weighted by atomic mass is 16.3. The Bertz CT molecular complexity index is 670. The summed E-state index contributed by atoms with van der Waals surface area (Å²) < 4.78 is 0. The number of aromatic hydroxyl groups is 1. The van der Waals surface area contributed by atoms with Crippen molar-refractivity contribution in [3.8, 4) is 5.75 Å². The maximum Gasteiger partial charge on any atom is 0.254 e. The van der Waals surface area contributed by atoms with Gasteiger partial charge in [0.1, 0.15) is 5.75 Å². The predicted molar refractivity (Wildman–Crippen MR) is 89.6 cm³/mol. The van der Waals surface area contributed by atoms with Crippen molar-refractivity contribution >= 4 is 11.8 Å². The first-order chi connectivity index (χ1) is 11.6. The van der Waals surface area contributed by atoms with Gasteiger partial charge in [-0.2, -0.15) is 0 Å². The molecule has 24 heavy (non-hydrogen) atoms. The number of phenolic OH excluding ortho intramolecular Hbond substituents is 1. The van der Waals surface area contributed by atoms with Gasteiger partial charge in [-0.05, 0) is 50.3 Å². The SMILES string of the molecule is O=C(c1cccc(O)c1)N1CCC[C@@]2(CCC(=O)N(C3CC3)C2)C1. The van der Waals surface area contributed by atoms with E-state index in [-0.39, 0.29) is 17.1 Å². The summed E-state index contributed by atoms with van der Waals surface area (Å²) >= 11 is 0. The predicted octanol–water partition coefficient (Wildman–Crippen LogP) is 2.40. The molecule has 1 aromatic rings. The number of nitrogens with zero attached hydrogens (tertiary/aromatic N) is 2. The number of piperidine rings is 2. The van der Waals surface area contributed by atoms with Crippen molar-refractivity contribution in [3.63, 3.8) is 0 Å². The summed E-state index contributed by atoms with van der Waals surface area (Å²) in [5, 5.41) is 9.62. The quantitative estimate of drug-likeness (QED) is 0.907. The van der Waals surface area contributed by atoms with Crippen molar-refractivity contribution in [2.45, 2.75) is 44.6 Å². The molecule has 4 rings (SSSR count). The lowest BCUT2D eigenvalue weighted by atomic mass is 9.73. The molecule has 2 amide bonds. The summed E-state index contributed by atoms with van der Waals surface area (Å²) in [7, 11) is 0. The van der Waals surface area contributed by atoms with Gasteiger partial charge in [-0.15, -0.1) is 0 Å². The van der Waals surface area contributed by atoms with Crippen molar-refractivity contribution in [1.82, 2.24) is 9.80 Å². The van der Waals surface area contributed by atoms with Gasteiger partial charge in [0, 0.05) is 43.1 Å². The van der Waals surface area contributed by atoms with Crippen LogP contribution in [0.1, 0.15) is 48.9 Å². The van der Waals surface area contributed by atoms with E-state index in [2.05, 4.69) is 4.90 Å². The van der Waals surface area contributed by atoms with Crippen molar-refractivity contribution in [2.24, 2.45) is 5.41 Å². The van der Waals surface area contributed by atoms with Crippen molar-refractivity contribution in [3.05, 3.63) is 29.8 Å². The van der Waals surface area contributed by atoms with Crippen LogP contribution in [-0.2, 0) is 4.79 Å². The van der Waals surface area contributed by atoms with Crippen LogP contribution in [0, 0.1) is 5.41 Å². The number of hydrogen-bond acceptors (Lipinski definition) is 3. The minimum atomic E-state index is -0.0140. The van der Waals surface area contributed by atoms with Crippen molar-refractivity contribution in [1.29, 1.82) is 0 Å². The molecule has 2 aliphatic heterocycles. The average Bonchev–Trinajstić information content (AvgIpc) is 3.42. The first-order valence-electron chi connectivity index (χ1n) is 8.94. The van der Waals surface area contributed by atoms with Crippen LogP contribution in [0.25, 0.3) is 0 Å². The van der Waals surface area contributed by atoms with Crippen LogP contribution in [0.15, 0.2) is 24.3 Å². The highest BCUT2D eigenvalue weighted by molar-refractivity contribution is 5.94. The molecule has 3 aliphatic rings. The fraction of sp³-hybridized carbons (Fsp3) is 0.579. The van der Waals surface area contributed by atoms with Crippen LogP contribution in [0.4, 0.5) is 0 Å². The number of amides is 2. The lowest BCUT2D eigenvalue weighted by molar-refractivity contribution is -0.139.